The van der Waals surface area contributed by atoms with Gasteiger partial charge in [0.2, 0.25) is 0 Å². The van der Waals surface area contributed by atoms with E-state index >= 15 is 0 Å². The molecule has 150 valence electrons. The van der Waals surface area contributed by atoms with Gasteiger partial charge in [0.05, 0.1) is 26.2 Å². The summed E-state index contributed by atoms with van der Waals surface area (Å²) in [6.45, 7) is 0. The molecule has 0 heterocycles. The molecule has 0 aromatic heterocycles. The van der Waals surface area contributed by atoms with Crippen molar-refractivity contribution in [1.29, 1.82) is 0 Å². The number of methoxy groups -OCH3 is 3. The van der Waals surface area contributed by atoms with Crippen LogP contribution < -0.4 is 14.2 Å². The van der Waals surface area contributed by atoms with Crippen LogP contribution in [-0.2, 0) is 0 Å². The zero-order valence-corrected chi connectivity index (χ0v) is 14.0. The Labute approximate surface area is 145 Å². The van der Waals surface area contributed by atoms with Gasteiger partial charge in [-0.25, -0.2) is 0 Å². The highest BCUT2D eigenvalue weighted by atomic mass is 32.2. The second-order valence-electron chi connectivity index (χ2n) is 4.63. The average molecular weight is 418 g/mol. The summed E-state index contributed by atoms with van der Waals surface area (Å²) in [6.07, 6.45) is -6.89. The predicted octanol–water partition coefficient (Wildman–Crippen LogP) is 5.23. The lowest BCUT2D eigenvalue weighted by Crippen LogP contribution is -2.59. The van der Waals surface area contributed by atoms with Gasteiger partial charge in [-0.15, -0.1) is 0 Å². The van der Waals surface area contributed by atoms with E-state index in [0.717, 1.165) is 33.5 Å². The molecule has 3 nitrogen and oxygen atoms in total. The van der Waals surface area contributed by atoms with Crippen LogP contribution in [0.1, 0.15) is 0 Å². The van der Waals surface area contributed by atoms with Gasteiger partial charge in [0, 0.05) is 12.1 Å². The third-order valence-corrected chi connectivity index (χ3v) is 4.14. The maximum absolute atomic E-state index is 13.8. The minimum absolute atomic E-state index is 0.0289. The molecule has 0 saturated carbocycles. The van der Waals surface area contributed by atoms with E-state index in [1.165, 1.54) is 0 Å². The molecule has 0 N–H and O–H groups in total. The van der Waals surface area contributed by atoms with E-state index in [9.17, 15) is 39.5 Å². The Morgan fingerprint density at radius 2 is 1.12 bits per heavy atom. The molecular weight excluding hydrogens is 407 g/mol. The van der Waals surface area contributed by atoms with Gasteiger partial charge in [0.25, 0.3) is 0 Å². The molecule has 0 unspecified atom stereocenters. The highest BCUT2D eigenvalue weighted by molar-refractivity contribution is 8.00. The first-order valence-corrected chi connectivity index (χ1v) is 7.17. The quantitative estimate of drug-likeness (QED) is 0.448. The van der Waals surface area contributed by atoms with Gasteiger partial charge < -0.3 is 14.2 Å². The van der Waals surface area contributed by atoms with E-state index in [0.29, 0.717) is 0 Å². The smallest absolute Gasteiger partial charge is 0.460 e. The van der Waals surface area contributed by atoms with Crippen LogP contribution in [0.5, 0.6) is 17.2 Å². The van der Waals surface area contributed by atoms with Gasteiger partial charge in [0.1, 0.15) is 17.2 Å². The van der Waals surface area contributed by atoms with Crippen LogP contribution in [0.3, 0.4) is 0 Å². The molecule has 0 aliphatic rings. The number of benzene rings is 1. The zero-order chi connectivity index (χ0) is 20.6. The van der Waals surface area contributed by atoms with Crippen molar-refractivity contribution in [3.63, 3.8) is 0 Å². The highest BCUT2D eigenvalue weighted by Gasteiger charge is 2.82. The summed E-state index contributed by atoms with van der Waals surface area (Å²) in [5, 5.41) is -5.87. The lowest BCUT2D eigenvalue weighted by molar-refractivity contribution is -0.381. The fourth-order valence-electron chi connectivity index (χ4n) is 1.63. The largest absolute Gasteiger partial charge is 0.496 e. The zero-order valence-electron chi connectivity index (χ0n) is 13.2. The Kier molecular flexibility index (Phi) is 6.16. The van der Waals surface area contributed by atoms with E-state index in [-0.39, 0.29) is 5.75 Å². The van der Waals surface area contributed by atoms with Crippen molar-refractivity contribution in [3.05, 3.63) is 12.1 Å². The lowest BCUT2D eigenvalue weighted by Gasteiger charge is -2.33. The number of hydrogen-bond acceptors (Lipinski definition) is 4. The number of alkyl halides is 9. The average Bonchev–Trinajstić information content (AvgIpc) is 2.53. The van der Waals surface area contributed by atoms with Crippen LogP contribution >= 0.6 is 11.8 Å². The number of hydrogen-bond donors (Lipinski definition) is 0. The Hall–Kier alpha value is -1.66. The third kappa shape index (κ3) is 3.71. The fraction of sp³-hybridized carbons (Fsp3) is 0.538. The summed E-state index contributed by atoms with van der Waals surface area (Å²) in [7, 11) is 3.02. The summed E-state index contributed by atoms with van der Waals surface area (Å²) < 4.78 is 131. The van der Waals surface area contributed by atoms with Crippen LogP contribution in [0.2, 0.25) is 0 Å². The molecule has 0 spiro atoms. The highest BCUT2D eigenvalue weighted by Crippen LogP contribution is 2.60. The monoisotopic (exact) mass is 418 g/mol. The normalized spacial score (nSPS) is 13.5. The Bertz CT molecular complexity index is 621. The van der Waals surface area contributed by atoms with Crippen LogP contribution in [0.4, 0.5) is 39.5 Å². The van der Waals surface area contributed by atoms with E-state index in [1.54, 1.807) is 0 Å². The van der Waals surface area contributed by atoms with Gasteiger partial charge in [-0.05, 0) is 11.8 Å². The molecule has 1 rings (SSSR count). The van der Waals surface area contributed by atoms with E-state index < -0.39 is 51.4 Å². The van der Waals surface area contributed by atoms with E-state index in [2.05, 4.69) is 9.47 Å². The number of thioether (sulfide) groups is 1. The lowest BCUT2D eigenvalue weighted by atomic mass is 10.1. The topological polar surface area (TPSA) is 27.7 Å². The van der Waals surface area contributed by atoms with Crippen LogP contribution in [-0.4, -0.2) is 44.6 Å². The molecule has 0 saturated heterocycles. The fourth-order valence-corrected chi connectivity index (χ4v) is 2.63. The summed E-state index contributed by atoms with van der Waals surface area (Å²) in [4.78, 5) is -0.918. The molecule has 26 heavy (non-hydrogen) atoms. The molecule has 0 fully saturated rings. The van der Waals surface area contributed by atoms with Crippen molar-refractivity contribution >= 4 is 11.8 Å². The Morgan fingerprint density at radius 1 is 0.692 bits per heavy atom. The second kappa shape index (κ2) is 7.16. The van der Waals surface area contributed by atoms with Crippen molar-refractivity contribution < 1.29 is 53.7 Å². The molecule has 0 aliphatic carbocycles. The molecule has 0 atom stereocenters. The number of halogens is 9. The second-order valence-corrected chi connectivity index (χ2v) is 5.75. The molecule has 13 heteroatoms. The predicted molar refractivity (Wildman–Crippen MR) is 72.9 cm³/mol. The van der Waals surface area contributed by atoms with E-state index in [1.807, 2.05) is 0 Å². The summed E-state index contributed by atoms with van der Waals surface area (Å²) in [6, 6.07) is 1.86. The SMILES string of the molecule is COc1cc(OC)c(SC(F)(F)C(F)(F)C(F)(F)C(F)(F)F)c(OC)c1. The number of rotatable bonds is 7. The van der Waals surface area contributed by atoms with Crippen molar-refractivity contribution in [2.75, 3.05) is 21.3 Å². The minimum Gasteiger partial charge on any atom is -0.496 e. The molecule has 1 aromatic carbocycles. The Morgan fingerprint density at radius 3 is 1.42 bits per heavy atom. The van der Waals surface area contributed by atoms with Crippen molar-refractivity contribution in [2.45, 2.75) is 28.2 Å². The van der Waals surface area contributed by atoms with Gasteiger partial charge in [0.15, 0.2) is 0 Å². The van der Waals surface area contributed by atoms with Crippen LogP contribution in [0.25, 0.3) is 0 Å². The Balaban J connectivity index is 3.45. The maximum atomic E-state index is 13.8. The van der Waals surface area contributed by atoms with Gasteiger partial charge in [-0.2, -0.15) is 39.5 Å². The van der Waals surface area contributed by atoms with Crippen molar-refractivity contribution in [1.82, 2.24) is 0 Å². The molecule has 0 bridgehead atoms. The van der Waals surface area contributed by atoms with Crippen molar-refractivity contribution in [2.24, 2.45) is 0 Å². The molecular formula is C13H11F9O3S. The van der Waals surface area contributed by atoms with Gasteiger partial charge in [-0.3, -0.25) is 0 Å². The summed E-state index contributed by atoms with van der Waals surface area (Å²) in [5.41, 5.74) is 0. The first kappa shape index (κ1) is 22.4. The first-order chi connectivity index (χ1) is 11.7. The third-order valence-electron chi connectivity index (χ3n) is 3.02. The van der Waals surface area contributed by atoms with Crippen molar-refractivity contribution in [3.8, 4) is 17.2 Å². The molecule has 0 aliphatic heterocycles. The summed E-state index contributed by atoms with van der Waals surface area (Å²) in [5.74, 6) is -14.9. The van der Waals surface area contributed by atoms with Gasteiger partial charge in [-0.1, -0.05) is 0 Å². The van der Waals surface area contributed by atoms with Crippen LogP contribution in [0.15, 0.2) is 17.0 Å². The molecule has 1 aromatic rings. The number of ether oxygens (including phenoxy) is 3. The molecule has 0 amide bonds. The first-order valence-electron chi connectivity index (χ1n) is 6.35. The standard InChI is InChI=1S/C13H11F9O3S/c1-23-6-4-7(24-2)9(8(5-6)25-3)26-13(21,22)11(16,17)10(14,15)12(18,19)20/h4-5H,1-3H3. The maximum Gasteiger partial charge on any atom is 0.460 e. The summed E-state index contributed by atoms with van der Waals surface area (Å²) >= 11 is -1.25. The minimum atomic E-state index is -6.98. The molecule has 0 radical (unpaired) electrons. The van der Waals surface area contributed by atoms with E-state index in [4.69, 9.17) is 4.74 Å². The van der Waals surface area contributed by atoms with Crippen LogP contribution in [0, 0.1) is 0 Å². The van der Waals surface area contributed by atoms with Gasteiger partial charge >= 0.3 is 23.3 Å².